The fourth-order valence-electron chi connectivity index (χ4n) is 3.73. The number of amidine groups is 1. The van der Waals surface area contributed by atoms with E-state index in [1.807, 2.05) is 58.6 Å². The van der Waals surface area contributed by atoms with Gasteiger partial charge in [-0.2, -0.15) is 10.2 Å². The number of benzene rings is 1. The van der Waals surface area contributed by atoms with Crippen LogP contribution in [-0.4, -0.2) is 39.1 Å². The summed E-state index contributed by atoms with van der Waals surface area (Å²) < 4.78 is 16.6. The molecule has 34 heavy (non-hydrogen) atoms. The van der Waals surface area contributed by atoms with E-state index >= 15 is 0 Å². The topological polar surface area (TPSA) is 74.1 Å². The molecular formula is C25H30FN7S. The average molecular weight is 480 g/mol. The minimum atomic E-state index is -0.286. The van der Waals surface area contributed by atoms with Gasteiger partial charge in [0.15, 0.2) is 5.82 Å². The molecule has 2 N–H and O–H groups in total. The third-order valence-corrected chi connectivity index (χ3v) is 6.54. The predicted octanol–water partition coefficient (Wildman–Crippen LogP) is 5.61. The highest BCUT2D eigenvalue weighted by molar-refractivity contribution is 7.98. The average Bonchev–Trinajstić information content (AvgIpc) is 3.40. The molecule has 0 amide bonds. The van der Waals surface area contributed by atoms with Gasteiger partial charge in [0.2, 0.25) is 0 Å². The number of rotatable bonds is 8. The predicted molar refractivity (Wildman–Crippen MR) is 139 cm³/mol. The van der Waals surface area contributed by atoms with Crippen LogP contribution in [0.15, 0.2) is 64.4 Å². The first-order valence-electron chi connectivity index (χ1n) is 11.1. The molecule has 0 aliphatic heterocycles. The van der Waals surface area contributed by atoms with Gasteiger partial charge in [-0.05, 0) is 63.1 Å². The molecule has 2 aromatic heterocycles. The Labute approximate surface area is 203 Å². The normalized spacial score (nSPS) is 14.7. The van der Waals surface area contributed by atoms with Gasteiger partial charge >= 0.3 is 0 Å². The summed E-state index contributed by atoms with van der Waals surface area (Å²) in [5.74, 6) is 1.99. The Hall–Kier alpha value is -3.33. The van der Waals surface area contributed by atoms with Crippen LogP contribution in [-0.2, 0) is 7.05 Å². The highest BCUT2D eigenvalue weighted by atomic mass is 32.2. The van der Waals surface area contributed by atoms with Gasteiger partial charge < -0.3 is 10.2 Å². The number of hydrogen-bond donors (Lipinski definition) is 2. The molecular weight excluding hydrogens is 449 g/mol. The third-order valence-electron chi connectivity index (χ3n) is 5.82. The van der Waals surface area contributed by atoms with Crippen molar-refractivity contribution in [3.8, 4) is 0 Å². The van der Waals surface area contributed by atoms with Crippen LogP contribution in [0.3, 0.4) is 0 Å². The molecule has 2 heterocycles. The summed E-state index contributed by atoms with van der Waals surface area (Å²) in [5.41, 5.74) is 4.04. The van der Waals surface area contributed by atoms with Crippen LogP contribution in [0.2, 0.25) is 0 Å². The third kappa shape index (κ3) is 5.25. The maximum Gasteiger partial charge on any atom is 0.153 e. The molecule has 0 unspecified atom stereocenters. The highest BCUT2D eigenvalue weighted by Gasteiger charge is 2.32. The molecule has 1 aliphatic carbocycles. The molecule has 0 atom stereocenters. The van der Waals surface area contributed by atoms with Crippen LogP contribution < -0.4 is 10.2 Å². The lowest BCUT2D eigenvalue weighted by Gasteiger charge is -2.22. The van der Waals surface area contributed by atoms with Crippen LogP contribution in [0.1, 0.15) is 31.2 Å². The second-order valence-electron chi connectivity index (χ2n) is 8.49. The lowest BCUT2D eigenvalue weighted by atomic mass is 10.00. The second kappa shape index (κ2) is 9.89. The van der Waals surface area contributed by atoms with E-state index in [9.17, 15) is 4.39 Å². The monoisotopic (exact) mass is 479 g/mol. The summed E-state index contributed by atoms with van der Waals surface area (Å²) in [4.78, 5) is 7.58. The Kier molecular flexibility index (Phi) is 6.92. The van der Waals surface area contributed by atoms with Crippen molar-refractivity contribution in [3.05, 3.63) is 71.7 Å². The molecule has 1 aliphatic rings. The van der Waals surface area contributed by atoms with Crippen molar-refractivity contribution in [2.24, 2.45) is 18.0 Å². The number of aliphatic imine (C=N–C) groups is 1. The first-order chi connectivity index (χ1) is 16.3. The van der Waals surface area contributed by atoms with E-state index in [1.165, 1.54) is 11.8 Å². The fraction of sp³-hybridized carbons (Fsp3) is 0.320. The quantitative estimate of drug-likeness (QED) is 0.190. The van der Waals surface area contributed by atoms with Crippen molar-refractivity contribution in [3.63, 3.8) is 0 Å². The first kappa shape index (κ1) is 23.8. The Bertz CT molecular complexity index is 1270. The van der Waals surface area contributed by atoms with Crippen molar-refractivity contribution in [1.29, 1.82) is 0 Å². The molecule has 0 spiro atoms. The zero-order valence-corrected chi connectivity index (χ0v) is 21.0. The number of halogens is 1. The van der Waals surface area contributed by atoms with Crippen LogP contribution in [0.4, 0.5) is 15.9 Å². The molecule has 1 aromatic carbocycles. The number of anilines is 2. The van der Waals surface area contributed by atoms with Crippen molar-refractivity contribution in [2.45, 2.75) is 31.6 Å². The molecule has 4 rings (SSSR count). The zero-order chi connectivity index (χ0) is 24.4. The van der Waals surface area contributed by atoms with Gasteiger partial charge in [-0.3, -0.25) is 9.78 Å². The zero-order valence-electron chi connectivity index (χ0n) is 20.2. The van der Waals surface area contributed by atoms with E-state index in [2.05, 4.69) is 27.2 Å². The second-order valence-corrected chi connectivity index (χ2v) is 9.37. The summed E-state index contributed by atoms with van der Waals surface area (Å²) in [6.07, 6.45) is 5.94. The lowest BCUT2D eigenvalue weighted by Crippen LogP contribution is -2.25. The van der Waals surface area contributed by atoms with Gasteiger partial charge in [0, 0.05) is 48.1 Å². The van der Waals surface area contributed by atoms with Crippen molar-refractivity contribution < 1.29 is 4.39 Å². The molecule has 1 fully saturated rings. The molecule has 0 radical (unpaired) electrons. The number of allylic oxidation sites excluding steroid dienone is 2. The smallest absolute Gasteiger partial charge is 0.153 e. The number of aryl methyl sites for hydroxylation is 2. The Morgan fingerprint density at radius 3 is 2.65 bits per heavy atom. The summed E-state index contributed by atoms with van der Waals surface area (Å²) in [7, 11) is 3.70. The number of aromatic nitrogens is 4. The van der Waals surface area contributed by atoms with Crippen molar-refractivity contribution >= 4 is 34.7 Å². The van der Waals surface area contributed by atoms with E-state index < -0.39 is 0 Å². The van der Waals surface area contributed by atoms with Gasteiger partial charge in [-0.25, -0.2) is 9.38 Å². The number of aromatic amines is 1. The first-order valence-corrected chi connectivity index (χ1v) is 12.3. The van der Waals surface area contributed by atoms with Crippen molar-refractivity contribution in [2.75, 3.05) is 23.5 Å². The van der Waals surface area contributed by atoms with E-state index in [-0.39, 0.29) is 5.82 Å². The van der Waals surface area contributed by atoms with E-state index in [4.69, 9.17) is 4.99 Å². The molecule has 0 bridgehead atoms. The molecule has 3 aromatic rings. The number of H-pyrrole nitrogens is 1. The van der Waals surface area contributed by atoms with Gasteiger partial charge in [-0.1, -0.05) is 6.58 Å². The Morgan fingerprint density at radius 1 is 1.32 bits per heavy atom. The van der Waals surface area contributed by atoms with E-state index in [1.54, 1.807) is 21.7 Å². The van der Waals surface area contributed by atoms with Gasteiger partial charge in [-0.15, -0.1) is 11.8 Å². The van der Waals surface area contributed by atoms with Gasteiger partial charge in [0.1, 0.15) is 17.5 Å². The minimum absolute atomic E-state index is 0.286. The lowest BCUT2D eigenvalue weighted by molar-refractivity contribution is 0.624. The maximum atomic E-state index is 14.8. The summed E-state index contributed by atoms with van der Waals surface area (Å²) in [6, 6.07) is 9.11. The summed E-state index contributed by atoms with van der Waals surface area (Å²) in [6.45, 7) is 8.18. The summed E-state index contributed by atoms with van der Waals surface area (Å²) in [5, 5.41) is 15.2. The van der Waals surface area contributed by atoms with Crippen LogP contribution in [0, 0.1) is 18.7 Å². The van der Waals surface area contributed by atoms with Crippen molar-refractivity contribution in [1.82, 2.24) is 20.0 Å². The van der Waals surface area contributed by atoms with Gasteiger partial charge in [0.05, 0.1) is 11.4 Å². The van der Waals surface area contributed by atoms with Crippen LogP contribution >= 0.6 is 11.8 Å². The van der Waals surface area contributed by atoms with Gasteiger partial charge in [0.25, 0.3) is 0 Å². The minimum Gasteiger partial charge on any atom is -0.331 e. The molecule has 9 heteroatoms. The summed E-state index contributed by atoms with van der Waals surface area (Å²) >= 11 is 1.51. The Balaban J connectivity index is 1.77. The standard InChI is InChI=1S/C25H30FN7S/c1-15-13-23(30-29-15)28-25(24(18-7-8-18)16(2)21-11-12-32(4)31-21)27-17(3)33(5)22-10-9-19(34-6)14-20(22)26/h9-14,18H,2,7-8H2,1,3-6H3,(H2,28,29,30)/b25-24-,27-17+. The number of thioether (sulfide) groups is 1. The molecule has 7 nitrogen and oxygen atoms in total. The molecule has 0 saturated heterocycles. The number of nitrogens with zero attached hydrogens (tertiary/aromatic N) is 5. The fourth-order valence-corrected chi connectivity index (χ4v) is 4.15. The van der Waals surface area contributed by atoms with Crippen LogP contribution in [0.25, 0.3) is 5.57 Å². The Morgan fingerprint density at radius 2 is 2.09 bits per heavy atom. The van der Waals surface area contributed by atoms with Crippen LogP contribution in [0.5, 0.6) is 0 Å². The number of hydrogen-bond acceptors (Lipinski definition) is 5. The van der Waals surface area contributed by atoms with E-state index in [0.29, 0.717) is 29.1 Å². The maximum absolute atomic E-state index is 14.8. The number of nitrogens with one attached hydrogen (secondary N) is 2. The largest absolute Gasteiger partial charge is 0.331 e. The molecule has 178 valence electrons. The van der Waals surface area contributed by atoms with E-state index in [0.717, 1.165) is 40.3 Å². The SMILES string of the molecule is C=C(/C(=C(\N=C(/C)N(C)c1ccc(SC)cc1F)Nc1cc(C)[nH]n1)C1CC1)c1ccn(C)n1. The highest BCUT2D eigenvalue weighted by Crippen LogP contribution is 2.44. The molecule has 1 saturated carbocycles.